The van der Waals surface area contributed by atoms with Gasteiger partial charge in [-0.3, -0.25) is 14.9 Å². The van der Waals surface area contributed by atoms with Crippen LogP contribution in [0.15, 0.2) is 53.0 Å². The van der Waals surface area contributed by atoms with Gasteiger partial charge in [0.25, 0.3) is 0 Å². The maximum absolute atomic E-state index is 12.6. The van der Waals surface area contributed by atoms with Gasteiger partial charge in [-0.2, -0.15) is 0 Å². The van der Waals surface area contributed by atoms with Gasteiger partial charge < -0.3 is 9.88 Å². The van der Waals surface area contributed by atoms with Crippen LogP contribution in [-0.4, -0.2) is 28.3 Å². The first-order valence-electron chi connectivity index (χ1n) is 7.94. The van der Waals surface area contributed by atoms with Crippen molar-refractivity contribution in [2.45, 2.75) is 6.42 Å². The molecule has 0 saturated carbocycles. The maximum Gasteiger partial charge on any atom is 0.239 e. The van der Waals surface area contributed by atoms with Gasteiger partial charge >= 0.3 is 0 Å². The zero-order chi connectivity index (χ0) is 17.4. The first-order valence-corrected chi connectivity index (χ1v) is 8.74. The van der Waals surface area contributed by atoms with E-state index in [1.54, 1.807) is 4.90 Å². The van der Waals surface area contributed by atoms with Gasteiger partial charge in [-0.25, -0.2) is 4.98 Å². The number of carbonyl (C=O) groups is 2. The Labute approximate surface area is 152 Å². The molecular weight excluding hydrogens is 384 g/mol. The van der Waals surface area contributed by atoms with Gasteiger partial charge in [0.05, 0.1) is 11.0 Å². The second kappa shape index (κ2) is 6.33. The van der Waals surface area contributed by atoms with E-state index in [1.807, 2.05) is 48.5 Å². The SMILES string of the molecule is O=C(Nc1nc2ccccc2[nH]1)[C@H]1CCN(c2cccc(Br)c2)C1=O. The molecule has 0 unspecified atom stereocenters. The Morgan fingerprint density at radius 2 is 2.08 bits per heavy atom. The van der Waals surface area contributed by atoms with E-state index in [2.05, 4.69) is 31.2 Å². The van der Waals surface area contributed by atoms with Crippen molar-refractivity contribution in [3.8, 4) is 0 Å². The fraction of sp³-hybridized carbons (Fsp3) is 0.167. The smallest absolute Gasteiger partial charge is 0.239 e. The molecule has 3 aromatic rings. The average molecular weight is 399 g/mol. The summed E-state index contributed by atoms with van der Waals surface area (Å²) in [6.45, 7) is 0.521. The molecular formula is C18H15BrN4O2. The summed E-state index contributed by atoms with van der Waals surface area (Å²) >= 11 is 3.40. The van der Waals surface area contributed by atoms with Gasteiger partial charge in [-0.15, -0.1) is 0 Å². The molecule has 1 fully saturated rings. The lowest BCUT2D eigenvalue weighted by atomic mass is 10.1. The van der Waals surface area contributed by atoms with Gasteiger partial charge in [0.2, 0.25) is 17.8 Å². The Kier molecular flexibility index (Phi) is 4.01. The maximum atomic E-state index is 12.6. The van der Waals surface area contributed by atoms with Crippen molar-refractivity contribution in [3.05, 3.63) is 53.0 Å². The lowest BCUT2D eigenvalue weighted by molar-refractivity contribution is -0.129. The van der Waals surface area contributed by atoms with Crippen LogP contribution in [0.2, 0.25) is 0 Å². The predicted octanol–water partition coefficient (Wildman–Crippen LogP) is 3.32. The first-order chi connectivity index (χ1) is 12.1. The second-order valence-electron chi connectivity index (χ2n) is 5.90. The van der Waals surface area contributed by atoms with E-state index in [0.29, 0.717) is 18.9 Å². The summed E-state index contributed by atoms with van der Waals surface area (Å²) < 4.78 is 0.896. The minimum Gasteiger partial charge on any atom is -0.324 e. The molecule has 1 aliphatic rings. The Morgan fingerprint density at radius 3 is 2.88 bits per heavy atom. The third kappa shape index (κ3) is 3.02. The number of carbonyl (C=O) groups excluding carboxylic acids is 2. The summed E-state index contributed by atoms with van der Waals surface area (Å²) in [5.41, 5.74) is 2.40. The van der Waals surface area contributed by atoms with Gasteiger partial charge in [0.15, 0.2) is 0 Å². The number of para-hydroxylation sites is 2. The van der Waals surface area contributed by atoms with Crippen molar-refractivity contribution >= 4 is 50.4 Å². The third-order valence-corrected chi connectivity index (χ3v) is 4.77. The molecule has 2 heterocycles. The molecule has 0 spiro atoms. The van der Waals surface area contributed by atoms with E-state index in [1.165, 1.54) is 0 Å². The molecule has 25 heavy (non-hydrogen) atoms. The lowest BCUT2D eigenvalue weighted by Crippen LogP contribution is -2.33. The van der Waals surface area contributed by atoms with Crippen LogP contribution in [0.5, 0.6) is 0 Å². The number of benzene rings is 2. The molecule has 0 bridgehead atoms. The number of rotatable bonds is 3. The van der Waals surface area contributed by atoms with E-state index >= 15 is 0 Å². The highest BCUT2D eigenvalue weighted by atomic mass is 79.9. The standard InChI is InChI=1S/C18H15BrN4O2/c19-11-4-3-5-12(10-11)23-9-8-13(17(23)25)16(24)22-18-20-14-6-1-2-7-15(14)21-18/h1-7,10,13H,8-9H2,(H2,20,21,22,24)/t13-/m1/s1. The van der Waals surface area contributed by atoms with E-state index in [9.17, 15) is 9.59 Å². The number of hydrogen-bond acceptors (Lipinski definition) is 3. The summed E-state index contributed by atoms with van der Waals surface area (Å²) in [5, 5.41) is 2.72. The molecule has 1 atom stereocenters. The van der Waals surface area contributed by atoms with Crippen molar-refractivity contribution in [3.63, 3.8) is 0 Å². The number of H-pyrrole nitrogens is 1. The number of nitrogens with one attached hydrogen (secondary N) is 2. The minimum absolute atomic E-state index is 0.188. The van der Waals surface area contributed by atoms with Crippen molar-refractivity contribution < 1.29 is 9.59 Å². The van der Waals surface area contributed by atoms with Crippen molar-refractivity contribution in [1.29, 1.82) is 0 Å². The van der Waals surface area contributed by atoms with Crippen LogP contribution in [0.4, 0.5) is 11.6 Å². The highest BCUT2D eigenvalue weighted by Crippen LogP contribution is 2.28. The van der Waals surface area contributed by atoms with Gasteiger partial charge in [0, 0.05) is 16.7 Å². The van der Waals surface area contributed by atoms with Crippen molar-refractivity contribution in [2.24, 2.45) is 5.92 Å². The Balaban J connectivity index is 1.50. The Morgan fingerprint density at radius 1 is 1.24 bits per heavy atom. The van der Waals surface area contributed by atoms with Crippen LogP contribution >= 0.6 is 15.9 Å². The highest BCUT2D eigenvalue weighted by molar-refractivity contribution is 9.10. The van der Waals surface area contributed by atoms with Gasteiger partial charge in [-0.05, 0) is 36.8 Å². The zero-order valence-electron chi connectivity index (χ0n) is 13.2. The summed E-state index contributed by atoms with van der Waals surface area (Å²) in [6.07, 6.45) is 0.484. The van der Waals surface area contributed by atoms with E-state index in [4.69, 9.17) is 0 Å². The van der Waals surface area contributed by atoms with Crippen molar-refractivity contribution in [2.75, 3.05) is 16.8 Å². The summed E-state index contributed by atoms with van der Waals surface area (Å²) in [4.78, 5) is 34.2. The fourth-order valence-electron chi connectivity index (χ4n) is 3.04. The number of imidazole rings is 1. The average Bonchev–Trinajstić information content (AvgIpc) is 3.17. The number of amides is 2. The minimum atomic E-state index is -0.702. The number of aromatic nitrogens is 2. The molecule has 7 heteroatoms. The molecule has 4 rings (SSSR count). The molecule has 1 aromatic heterocycles. The van der Waals surface area contributed by atoms with E-state index in [0.717, 1.165) is 21.2 Å². The van der Waals surface area contributed by atoms with Gasteiger partial charge in [-0.1, -0.05) is 34.1 Å². The number of halogens is 1. The predicted molar refractivity (Wildman–Crippen MR) is 99.3 cm³/mol. The number of anilines is 2. The van der Waals surface area contributed by atoms with Crippen LogP contribution in [0.1, 0.15) is 6.42 Å². The summed E-state index contributed by atoms with van der Waals surface area (Å²) in [7, 11) is 0. The molecule has 1 saturated heterocycles. The van der Waals surface area contributed by atoms with Gasteiger partial charge in [0.1, 0.15) is 5.92 Å². The molecule has 0 aliphatic carbocycles. The quantitative estimate of drug-likeness (QED) is 0.664. The largest absolute Gasteiger partial charge is 0.324 e. The second-order valence-corrected chi connectivity index (χ2v) is 6.82. The number of nitrogens with zero attached hydrogens (tertiary/aromatic N) is 2. The molecule has 126 valence electrons. The molecule has 0 radical (unpaired) electrons. The van der Waals surface area contributed by atoms with Crippen LogP contribution in [0.3, 0.4) is 0 Å². The number of hydrogen-bond donors (Lipinski definition) is 2. The van der Waals surface area contributed by atoms with E-state index < -0.39 is 5.92 Å². The zero-order valence-corrected chi connectivity index (χ0v) is 14.8. The molecule has 6 nitrogen and oxygen atoms in total. The monoisotopic (exact) mass is 398 g/mol. The van der Waals surface area contributed by atoms with Crippen molar-refractivity contribution in [1.82, 2.24) is 9.97 Å². The van der Waals surface area contributed by atoms with Crippen LogP contribution in [0.25, 0.3) is 11.0 Å². The molecule has 2 N–H and O–H groups in total. The van der Waals surface area contributed by atoms with Crippen LogP contribution < -0.4 is 10.2 Å². The Hall–Kier alpha value is -2.67. The summed E-state index contributed by atoms with van der Waals surface area (Å²) in [6, 6.07) is 15.0. The number of aromatic amines is 1. The fourth-order valence-corrected chi connectivity index (χ4v) is 3.43. The molecule has 2 amide bonds. The van der Waals surface area contributed by atoms with E-state index in [-0.39, 0.29) is 11.8 Å². The lowest BCUT2D eigenvalue weighted by Gasteiger charge is -2.16. The Bertz CT molecular complexity index is 935. The van der Waals surface area contributed by atoms with Crippen LogP contribution in [-0.2, 0) is 9.59 Å². The summed E-state index contributed by atoms with van der Waals surface area (Å²) in [5.74, 6) is -0.861. The molecule has 1 aliphatic heterocycles. The highest BCUT2D eigenvalue weighted by Gasteiger charge is 2.37. The first kappa shape index (κ1) is 15.8. The number of fused-ring (bicyclic) bond motifs is 1. The normalized spacial score (nSPS) is 17.2. The van der Waals surface area contributed by atoms with Crippen LogP contribution in [0, 0.1) is 5.92 Å². The molecule has 2 aromatic carbocycles. The topological polar surface area (TPSA) is 78.1 Å². The third-order valence-electron chi connectivity index (χ3n) is 4.27.